The van der Waals surface area contributed by atoms with Crippen LogP contribution in [0.4, 0.5) is 0 Å². The summed E-state index contributed by atoms with van der Waals surface area (Å²) < 4.78 is 1.46. The second kappa shape index (κ2) is 6.33. The smallest absolute Gasteiger partial charge is 0.329 e. The van der Waals surface area contributed by atoms with E-state index in [1.54, 1.807) is 12.1 Å². The highest BCUT2D eigenvalue weighted by atomic mass is 16.4. The Hall–Kier alpha value is -2.77. The van der Waals surface area contributed by atoms with Crippen molar-refractivity contribution in [1.29, 1.82) is 0 Å². The Morgan fingerprint density at radius 1 is 1.41 bits per heavy atom. The van der Waals surface area contributed by atoms with Crippen molar-refractivity contribution in [1.82, 2.24) is 25.1 Å². The number of pyridine rings is 1. The lowest BCUT2D eigenvalue weighted by molar-refractivity contribution is -0.144. The molecule has 0 aliphatic rings. The van der Waals surface area contributed by atoms with Crippen LogP contribution in [-0.4, -0.2) is 42.3 Å². The average molecular weight is 303 g/mol. The van der Waals surface area contributed by atoms with Crippen LogP contribution in [-0.2, 0) is 4.79 Å². The van der Waals surface area contributed by atoms with Crippen molar-refractivity contribution in [3.05, 3.63) is 36.5 Å². The standard InChI is InChI=1S/C14H17N5O3/c1-3-6-14(2,13(21)22)18-12(20)10-4-5-11(16-7-10)19-9-15-8-17-19/h4-5,7-9H,3,6H2,1-2H3,(H,18,20)(H,21,22). The van der Waals surface area contributed by atoms with E-state index >= 15 is 0 Å². The summed E-state index contributed by atoms with van der Waals surface area (Å²) >= 11 is 0. The number of aromatic nitrogens is 4. The molecule has 116 valence electrons. The summed E-state index contributed by atoms with van der Waals surface area (Å²) in [6, 6.07) is 3.18. The first-order valence-electron chi connectivity index (χ1n) is 6.83. The summed E-state index contributed by atoms with van der Waals surface area (Å²) in [7, 11) is 0. The van der Waals surface area contributed by atoms with Gasteiger partial charge in [-0.25, -0.2) is 19.4 Å². The van der Waals surface area contributed by atoms with Gasteiger partial charge in [-0.3, -0.25) is 4.79 Å². The van der Waals surface area contributed by atoms with Gasteiger partial charge in [0.25, 0.3) is 5.91 Å². The monoisotopic (exact) mass is 303 g/mol. The maximum atomic E-state index is 12.2. The molecular formula is C14H17N5O3. The first kappa shape index (κ1) is 15.6. The molecule has 0 radical (unpaired) electrons. The Bertz CT molecular complexity index is 654. The average Bonchev–Trinajstić information content (AvgIpc) is 3.01. The molecule has 0 spiro atoms. The number of carboxylic acid groups (broad SMARTS) is 1. The van der Waals surface area contributed by atoms with Crippen molar-refractivity contribution in [2.75, 3.05) is 0 Å². The number of hydrogen-bond donors (Lipinski definition) is 2. The molecule has 1 amide bonds. The molecule has 2 rings (SSSR count). The van der Waals surface area contributed by atoms with Gasteiger partial charge in [0.15, 0.2) is 5.82 Å². The zero-order valence-corrected chi connectivity index (χ0v) is 12.4. The fourth-order valence-corrected chi connectivity index (χ4v) is 2.03. The molecule has 2 heterocycles. The predicted octanol–water partition coefficient (Wildman–Crippen LogP) is 1.04. The van der Waals surface area contributed by atoms with E-state index in [1.165, 1.54) is 30.5 Å². The number of nitrogens with zero attached hydrogens (tertiary/aromatic N) is 4. The molecule has 8 nitrogen and oxygen atoms in total. The van der Waals surface area contributed by atoms with Gasteiger partial charge in [-0.15, -0.1) is 0 Å². The van der Waals surface area contributed by atoms with E-state index in [0.717, 1.165) is 0 Å². The summed E-state index contributed by atoms with van der Waals surface area (Å²) in [5.74, 6) is -1.02. The number of aliphatic carboxylic acids is 1. The number of hydrogen-bond acceptors (Lipinski definition) is 5. The van der Waals surface area contributed by atoms with E-state index in [1.807, 2.05) is 6.92 Å². The Kier molecular flexibility index (Phi) is 4.50. The Balaban J connectivity index is 2.14. The Morgan fingerprint density at radius 3 is 2.68 bits per heavy atom. The van der Waals surface area contributed by atoms with Crippen molar-refractivity contribution in [2.45, 2.75) is 32.2 Å². The van der Waals surface area contributed by atoms with Crippen LogP contribution in [0.15, 0.2) is 31.0 Å². The molecule has 0 saturated heterocycles. The van der Waals surface area contributed by atoms with Crippen molar-refractivity contribution in [3.63, 3.8) is 0 Å². The predicted molar refractivity (Wildman–Crippen MR) is 77.6 cm³/mol. The third-order valence-electron chi connectivity index (χ3n) is 3.27. The first-order chi connectivity index (χ1) is 10.5. The van der Waals surface area contributed by atoms with Crippen LogP contribution < -0.4 is 5.32 Å². The van der Waals surface area contributed by atoms with Crippen LogP contribution in [0.1, 0.15) is 37.0 Å². The number of carbonyl (C=O) groups is 2. The molecule has 2 aromatic heterocycles. The Morgan fingerprint density at radius 2 is 2.18 bits per heavy atom. The number of carboxylic acids is 1. The molecule has 0 bridgehead atoms. The Labute approximate surface area is 127 Å². The maximum Gasteiger partial charge on any atom is 0.329 e. The fraction of sp³-hybridized carbons (Fsp3) is 0.357. The molecule has 0 aromatic carbocycles. The van der Waals surface area contributed by atoms with E-state index in [2.05, 4.69) is 20.4 Å². The quantitative estimate of drug-likeness (QED) is 0.825. The van der Waals surface area contributed by atoms with Gasteiger partial charge in [-0.2, -0.15) is 5.10 Å². The van der Waals surface area contributed by atoms with Gasteiger partial charge < -0.3 is 10.4 Å². The zero-order valence-electron chi connectivity index (χ0n) is 12.4. The molecule has 22 heavy (non-hydrogen) atoms. The minimum Gasteiger partial charge on any atom is -0.480 e. The number of rotatable bonds is 6. The molecular weight excluding hydrogens is 286 g/mol. The minimum absolute atomic E-state index is 0.285. The highest BCUT2D eigenvalue weighted by Crippen LogP contribution is 2.14. The first-order valence-corrected chi connectivity index (χ1v) is 6.83. The van der Waals surface area contributed by atoms with Gasteiger partial charge in [0, 0.05) is 6.20 Å². The molecule has 0 saturated carbocycles. The van der Waals surface area contributed by atoms with Gasteiger partial charge in [0.1, 0.15) is 18.2 Å². The molecule has 1 unspecified atom stereocenters. The van der Waals surface area contributed by atoms with Crippen molar-refractivity contribution in [2.24, 2.45) is 0 Å². The summed E-state index contributed by atoms with van der Waals surface area (Å²) in [6.07, 6.45) is 5.24. The normalized spacial score (nSPS) is 13.4. The van der Waals surface area contributed by atoms with Gasteiger partial charge in [-0.1, -0.05) is 13.3 Å². The van der Waals surface area contributed by atoms with Crippen molar-refractivity contribution < 1.29 is 14.7 Å². The highest BCUT2D eigenvalue weighted by Gasteiger charge is 2.34. The van der Waals surface area contributed by atoms with E-state index in [0.29, 0.717) is 18.7 Å². The lowest BCUT2D eigenvalue weighted by atomic mass is 9.96. The second-order valence-electron chi connectivity index (χ2n) is 5.09. The number of nitrogens with one attached hydrogen (secondary N) is 1. The van der Waals surface area contributed by atoms with Crippen LogP contribution in [0.2, 0.25) is 0 Å². The molecule has 8 heteroatoms. The lowest BCUT2D eigenvalue weighted by Gasteiger charge is -2.25. The summed E-state index contributed by atoms with van der Waals surface area (Å²) in [6.45, 7) is 3.36. The maximum absolute atomic E-state index is 12.2. The SMILES string of the molecule is CCCC(C)(NC(=O)c1ccc(-n2cncn2)nc1)C(=O)O. The van der Waals surface area contributed by atoms with E-state index in [9.17, 15) is 14.7 Å². The van der Waals surface area contributed by atoms with E-state index in [4.69, 9.17) is 0 Å². The molecule has 1 atom stereocenters. The summed E-state index contributed by atoms with van der Waals surface area (Å²) in [4.78, 5) is 31.5. The number of carbonyl (C=O) groups excluding carboxylic acids is 1. The molecule has 0 aliphatic heterocycles. The van der Waals surface area contributed by atoms with Crippen LogP contribution in [0.5, 0.6) is 0 Å². The highest BCUT2D eigenvalue weighted by molar-refractivity contribution is 5.97. The van der Waals surface area contributed by atoms with Gasteiger partial charge in [0.2, 0.25) is 0 Å². The van der Waals surface area contributed by atoms with E-state index < -0.39 is 17.4 Å². The lowest BCUT2D eigenvalue weighted by Crippen LogP contribution is -2.52. The topological polar surface area (TPSA) is 110 Å². The zero-order chi connectivity index (χ0) is 16.2. The van der Waals surface area contributed by atoms with Crippen LogP contribution >= 0.6 is 0 Å². The number of amides is 1. The molecule has 2 N–H and O–H groups in total. The second-order valence-corrected chi connectivity index (χ2v) is 5.09. The molecule has 2 aromatic rings. The summed E-state index contributed by atoms with van der Waals surface area (Å²) in [5, 5.41) is 15.8. The van der Waals surface area contributed by atoms with Crippen molar-refractivity contribution >= 4 is 11.9 Å². The third kappa shape index (κ3) is 3.27. The molecule has 0 aliphatic carbocycles. The van der Waals surface area contributed by atoms with Crippen LogP contribution in [0.25, 0.3) is 5.82 Å². The van der Waals surface area contributed by atoms with Gasteiger partial charge in [0.05, 0.1) is 5.56 Å². The largest absolute Gasteiger partial charge is 0.480 e. The van der Waals surface area contributed by atoms with Crippen LogP contribution in [0, 0.1) is 0 Å². The van der Waals surface area contributed by atoms with Gasteiger partial charge >= 0.3 is 5.97 Å². The minimum atomic E-state index is -1.30. The molecule has 0 fully saturated rings. The van der Waals surface area contributed by atoms with E-state index in [-0.39, 0.29) is 5.56 Å². The van der Waals surface area contributed by atoms with Crippen molar-refractivity contribution in [3.8, 4) is 5.82 Å². The summed E-state index contributed by atoms with van der Waals surface area (Å²) in [5.41, 5.74) is -1.01. The fourth-order valence-electron chi connectivity index (χ4n) is 2.03. The third-order valence-corrected chi connectivity index (χ3v) is 3.27. The van der Waals surface area contributed by atoms with Gasteiger partial charge in [-0.05, 0) is 25.5 Å². The van der Waals surface area contributed by atoms with Crippen LogP contribution in [0.3, 0.4) is 0 Å².